The number of carbonyl (C=O) groups excluding carboxylic acids is 2. The highest BCUT2D eigenvalue weighted by Gasteiger charge is 2.50. The summed E-state index contributed by atoms with van der Waals surface area (Å²) in [5.41, 5.74) is -0.508. The summed E-state index contributed by atoms with van der Waals surface area (Å²) in [6.45, 7) is 0.533. The van der Waals surface area contributed by atoms with Gasteiger partial charge in [0.05, 0.1) is 16.8 Å². The van der Waals surface area contributed by atoms with Gasteiger partial charge in [0.2, 0.25) is 5.91 Å². The molecule has 3 aromatic heterocycles. The van der Waals surface area contributed by atoms with Crippen LogP contribution in [0.15, 0.2) is 41.7 Å². The maximum absolute atomic E-state index is 13.3. The van der Waals surface area contributed by atoms with Gasteiger partial charge in [-0.05, 0) is 24.3 Å². The summed E-state index contributed by atoms with van der Waals surface area (Å²) in [6.07, 6.45) is 0.530. The molecule has 0 atom stereocenters. The first kappa shape index (κ1) is 27.2. The van der Waals surface area contributed by atoms with Crippen LogP contribution in [0.25, 0.3) is 5.82 Å². The second-order valence-electron chi connectivity index (χ2n) is 9.71. The molecule has 0 unspecified atom stereocenters. The molecule has 3 aromatic rings. The molecular weight excluding hydrogens is 553 g/mol. The molecule has 16 heteroatoms. The molecule has 12 nitrogen and oxygen atoms in total. The number of hydrogen-bond acceptors (Lipinski definition) is 9. The molecule has 0 aliphatic carbocycles. The van der Waals surface area contributed by atoms with Crippen LogP contribution in [0, 0.1) is 0 Å². The van der Waals surface area contributed by atoms with Gasteiger partial charge in [0.1, 0.15) is 17.1 Å². The molecule has 0 radical (unpaired) electrons. The molecule has 5 rings (SSSR count). The van der Waals surface area contributed by atoms with E-state index in [1.807, 2.05) is 0 Å². The third-order valence-corrected chi connectivity index (χ3v) is 7.16. The summed E-state index contributed by atoms with van der Waals surface area (Å²) in [5, 5.41) is 9.97. The van der Waals surface area contributed by atoms with Gasteiger partial charge in [0, 0.05) is 57.0 Å². The highest BCUT2D eigenvalue weighted by molar-refractivity contribution is 7.91. The fourth-order valence-electron chi connectivity index (χ4n) is 4.71. The van der Waals surface area contributed by atoms with Crippen molar-refractivity contribution in [2.45, 2.75) is 18.1 Å². The van der Waals surface area contributed by atoms with E-state index in [2.05, 4.69) is 30.7 Å². The van der Waals surface area contributed by atoms with Crippen LogP contribution < -0.4 is 15.5 Å². The standard InChI is InChI=1S/C24H23F3N8O4S/c1-28-8-14-3-5-18(29-9-14)35-21(31-19(36)11-40(2,38)39)20-16(33-35)7-23(32-22(20)37)12-34(13-23)17-6-4-15(10-30-17)24(25,26)27/h3-6,8-10H,7,11-13H2,1-2H3,(H,31,36)(H,32,37). The number of fused-ring (bicyclic) bond motifs is 1. The molecule has 210 valence electrons. The summed E-state index contributed by atoms with van der Waals surface area (Å²) in [7, 11) is -2.05. The Morgan fingerprint density at radius 2 is 1.88 bits per heavy atom. The Labute approximate surface area is 226 Å². The summed E-state index contributed by atoms with van der Waals surface area (Å²) in [5.74, 6) is -1.62. The van der Waals surface area contributed by atoms with Crippen molar-refractivity contribution in [1.82, 2.24) is 25.1 Å². The fraction of sp³-hybridized carbons (Fsp3) is 0.333. The van der Waals surface area contributed by atoms with E-state index in [-0.39, 0.29) is 36.7 Å². The van der Waals surface area contributed by atoms with E-state index in [0.29, 0.717) is 17.1 Å². The molecule has 2 aliphatic rings. The zero-order valence-electron chi connectivity index (χ0n) is 21.2. The Kier molecular flexibility index (Phi) is 6.60. The van der Waals surface area contributed by atoms with Crippen LogP contribution in [-0.4, -0.2) is 83.9 Å². The summed E-state index contributed by atoms with van der Waals surface area (Å²) in [6, 6.07) is 5.54. The van der Waals surface area contributed by atoms with Crippen LogP contribution >= 0.6 is 0 Å². The molecule has 2 aliphatic heterocycles. The second kappa shape index (κ2) is 9.69. The molecular formula is C24H23F3N8O4S. The molecule has 40 heavy (non-hydrogen) atoms. The number of sulfone groups is 1. The van der Waals surface area contributed by atoms with Gasteiger partial charge in [-0.25, -0.2) is 18.4 Å². The van der Waals surface area contributed by atoms with Crippen LogP contribution in [0.2, 0.25) is 0 Å². The Balaban J connectivity index is 1.44. The molecule has 0 saturated carbocycles. The lowest BCUT2D eigenvalue weighted by atomic mass is 9.81. The lowest BCUT2D eigenvalue weighted by Crippen LogP contribution is -2.73. The van der Waals surface area contributed by atoms with E-state index >= 15 is 0 Å². The van der Waals surface area contributed by atoms with Crippen molar-refractivity contribution in [2.75, 3.05) is 42.4 Å². The summed E-state index contributed by atoms with van der Waals surface area (Å²) >= 11 is 0. The monoisotopic (exact) mass is 576 g/mol. The topological polar surface area (TPSA) is 152 Å². The van der Waals surface area contributed by atoms with Gasteiger partial charge in [-0.3, -0.25) is 14.6 Å². The molecule has 1 spiro atoms. The maximum atomic E-state index is 13.3. The van der Waals surface area contributed by atoms with Gasteiger partial charge in [0.15, 0.2) is 21.5 Å². The third-order valence-electron chi connectivity index (χ3n) is 6.37. The van der Waals surface area contributed by atoms with E-state index in [9.17, 15) is 31.2 Å². The van der Waals surface area contributed by atoms with Gasteiger partial charge in [-0.2, -0.15) is 23.0 Å². The van der Waals surface area contributed by atoms with E-state index in [0.717, 1.165) is 18.5 Å². The van der Waals surface area contributed by atoms with Crippen LogP contribution in [0.1, 0.15) is 27.2 Å². The average molecular weight is 577 g/mol. The number of aromatic nitrogens is 4. The first-order chi connectivity index (χ1) is 18.8. The van der Waals surface area contributed by atoms with E-state index in [1.54, 1.807) is 30.3 Å². The van der Waals surface area contributed by atoms with Crippen molar-refractivity contribution in [2.24, 2.45) is 4.99 Å². The van der Waals surface area contributed by atoms with Crippen LogP contribution in [0.3, 0.4) is 0 Å². The van der Waals surface area contributed by atoms with Crippen molar-refractivity contribution in [3.8, 4) is 5.82 Å². The largest absolute Gasteiger partial charge is 0.417 e. The molecule has 2 amide bonds. The minimum atomic E-state index is -4.50. The molecule has 1 saturated heterocycles. The van der Waals surface area contributed by atoms with Crippen LogP contribution in [0.4, 0.5) is 24.8 Å². The highest BCUT2D eigenvalue weighted by atomic mass is 32.2. The Morgan fingerprint density at radius 1 is 1.18 bits per heavy atom. The molecule has 2 N–H and O–H groups in total. The number of anilines is 2. The summed E-state index contributed by atoms with van der Waals surface area (Å²) < 4.78 is 63.3. The van der Waals surface area contributed by atoms with Crippen molar-refractivity contribution < 1.29 is 31.2 Å². The molecule has 0 aromatic carbocycles. The molecule has 1 fully saturated rings. The van der Waals surface area contributed by atoms with E-state index < -0.39 is 44.7 Å². The summed E-state index contributed by atoms with van der Waals surface area (Å²) in [4.78, 5) is 39.8. The number of halogens is 3. The van der Waals surface area contributed by atoms with E-state index in [1.165, 1.54) is 16.9 Å². The number of rotatable bonds is 6. The van der Waals surface area contributed by atoms with Crippen molar-refractivity contribution in [3.63, 3.8) is 0 Å². The van der Waals surface area contributed by atoms with Gasteiger partial charge >= 0.3 is 6.18 Å². The third kappa shape index (κ3) is 5.38. The predicted octanol–water partition coefficient (Wildman–Crippen LogP) is 1.26. The number of pyridine rings is 2. The van der Waals surface area contributed by atoms with Crippen molar-refractivity contribution in [3.05, 3.63) is 59.0 Å². The second-order valence-corrected chi connectivity index (χ2v) is 11.8. The quantitative estimate of drug-likeness (QED) is 0.416. The maximum Gasteiger partial charge on any atom is 0.417 e. The van der Waals surface area contributed by atoms with Gasteiger partial charge in [-0.15, -0.1) is 0 Å². The number of nitrogens with zero attached hydrogens (tertiary/aromatic N) is 6. The van der Waals surface area contributed by atoms with Gasteiger partial charge < -0.3 is 15.5 Å². The van der Waals surface area contributed by atoms with Gasteiger partial charge in [-0.1, -0.05) is 0 Å². The lowest BCUT2D eigenvalue weighted by molar-refractivity contribution is -0.137. The zero-order valence-corrected chi connectivity index (χ0v) is 22.0. The van der Waals surface area contributed by atoms with Crippen molar-refractivity contribution in [1.29, 1.82) is 0 Å². The molecule has 0 bridgehead atoms. The highest BCUT2D eigenvalue weighted by Crippen LogP contribution is 2.37. The zero-order chi connectivity index (χ0) is 28.9. The average Bonchev–Trinajstić information content (AvgIpc) is 3.19. The minimum Gasteiger partial charge on any atom is -0.352 e. The first-order valence-electron chi connectivity index (χ1n) is 11.9. The Bertz CT molecular complexity index is 1610. The fourth-order valence-corrected chi connectivity index (χ4v) is 5.26. The number of nitrogens with one attached hydrogen (secondary N) is 2. The number of alkyl halides is 3. The number of amides is 2. The smallest absolute Gasteiger partial charge is 0.352 e. The Hall–Kier alpha value is -4.34. The Morgan fingerprint density at radius 3 is 2.45 bits per heavy atom. The van der Waals surface area contributed by atoms with Crippen LogP contribution in [0.5, 0.6) is 0 Å². The first-order valence-corrected chi connectivity index (χ1v) is 13.9. The minimum absolute atomic E-state index is 0.0269. The van der Waals surface area contributed by atoms with E-state index in [4.69, 9.17) is 0 Å². The number of hydrogen-bond donors (Lipinski definition) is 2. The number of aliphatic imine (C=N–C) groups is 1. The van der Waals surface area contributed by atoms with Gasteiger partial charge in [0.25, 0.3) is 5.91 Å². The normalized spacial score (nSPS) is 16.5. The molecule has 5 heterocycles. The predicted molar refractivity (Wildman–Crippen MR) is 139 cm³/mol. The van der Waals surface area contributed by atoms with Crippen LogP contribution in [-0.2, 0) is 27.2 Å². The lowest BCUT2D eigenvalue weighted by Gasteiger charge is -2.52. The number of carbonyl (C=O) groups is 2. The van der Waals surface area contributed by atoms with Crippen molar-refractivity contribution >= 4 is 39.5 Å². The SMILES string of the molecule is CN=Cc1ccc(-n2nc3c(c2NC(=O)CS(C)(=O)=O)C(=O)NC2(C3)CN(c3ccc(C(F)(F)F)cn3)C2)nc1.